The number of nitrogens with one attached hydrogen (secondary N) is 1. The Morgan fingerprint density at radius 3 is 2.15 bits per heavy atom. The Kier molecular flexibility index (Phi) is 5.90. The van der Waals surface area contributed by atoms with Gasteiger partial charge in [-0.3, -0.25) is 9.48 Å². The Morgan fingerprint density at radius 1 is 0.941 bits per heavy atom. The van der Waals surface area contributed by atoms with Crippen molar-refractivity contribution >= 4 is 11.6 Å². The molecule has 1 N–H and O–H groups in total. The Balaban J connectivity index is 1.58. The van der Waals surface area contributed by atoms with Crippen LogP contribution in [-0.2, 0) is 6.54 Å². The van der Waals surface area contributed by atoms with Gasteiger partial charge < -0.3 is 9.84 Å². The van der Waals surface area contributed by atoms with E-state index in [0.29, 0.717) is 5.56 Å². The van der Waals surface area contributed by atoms with E-state index in [9.17, 15) is 31.1 Å². The predicted octanol–water partition coefficient (Wildman–Crippen LogP) is 5.29. The third kappa shape index (κ3) is 4.02. The highest BCUT2D eigenvalue weighted by molar-refractivity contribution is 6.03. The SMILES string of the molecule is Cc1nn(Cc2c(F)c(F)c(F)c(F)c2F)c(C)c1NC(=O)c1cc(-c2ccc(F)cc2)on1. The lowest BCUT2D eigenvalue weighted by Crippen LogP contribution is -2.15. The molecule has 34 heavy (non-hydrogen) atoms. The molecular formula is C22H14F6N4O2. The minimum Gasteiger partial charge on any atom is -0.355 e. The van der Waals surface area contributed by atoms with Crippen molar-refractivity contribution in [3.8, 4) is 11.3 Å². The van der Waals surface area contributed by atoms with Crippen molar-refractivity contribution in [2.24, 2.45) is 0 Å². The lowest BCUT2D eigenvalue weighted by atomic mass is 10.1. The molecule has 0 bridgehead atoms. The van der Waals surface area contributed by atoms with Crippen LogP contribution in [0.1, 0.15) is 27.4 Å². The van der Waals surface area contributed by atoms with Crippen molar-refractivity contribution in [3.63, 3.8) is 0 Å². The molecule has 2 heterocycles. The number of amides is 1. The van der Waals surface area contributed by atoms with E-state index >= 15 is 0 Å². The molecule has 176 valence electrons. The number of rotatable bonds is 5. The topological polar surface area (TPSA) is 73.0 Å². The van der Waals surface area contributed by atoms with Crippen LogP contribution in [0.2, 0.25) is 0 Å². The predicted molar refractivity (Wildman–Crippen MR) is 107 cm³/mol. The van der Waals surface area contributed by atoms with E-state index in [2.05, 4.69) is 15.6 Å². The zero-order chi connectivity index (χ0) is 24.7. The number of aromatic nitrogens is 3. The number of carbonyl (C=O) groups is 1. The number of nitrogens with zero attached hydrogens (tertiary/aromatic N) is 3. The fourth-order valence-corrected chi connectivity index (χ4v) is 3.28. The van der Waals surface area contributed by atoms with Gasteiger partial charge >= 0.3 is 0 Å². The third-order valence-corrected chi connectivity index (χ3v) is 5.10. The number of hydrogen-bond donors (Lipinski definition) is 1. The third-order valence-electron chi connectivity index (χ3n) is 5.10. The Hall–Kier alpha value is -4.09. The van der Waals surface area contributed by atoms with E-state index in [1.54, 1.807) is 0 Å². The second-order valence-corrected chi connectivity index (χ2v) is 7.29. The van der Waals surface area contributed by atoms with Crippen molar-refractivity contribution in [1.29, 1.82) is 0 Å². The summed E-state index contributed by atoms with van der Waals surface area (Å²) in [5, 5.41) is 10.2. The molecule has 0 aliphatic heterocycles. The van der Waals surface area contributed by atoms with Gasteiger partial charge in [-0.25, -0.2) is 26.3 Å². The molecule has 12 heteroatoms. The molecule has 0 saturated heterocycles. The standard InChI is InChI=1S/C22H14F6N4O2/c1-9-21(29-22(33)14-7-15(34-31-14)11-3-5-12(23)6-4-11)10(2)32(30-9)8-13-16(24)18(26)20(28)19(27)17(13)25/h3-7H,8H2,1-2H3,(H,29,33). The summed E-state index contributed by atoms with van der Waals surface area (Å²) < 4.78 is 87.6. The minimum atomic E-state index is -2.26. The van der Waals surface area contributed by atoms with Crippen LogP contribution in [0.4, 0.5) is 32.0 Å². The van der Waals surface area contributed by atoms with Gasteiger partial charge in [0.25, 0.3) is 5.91 Å². The normalized spacial score (nSPS) is 11.2. The number of hydrogen-bond acceptors (Lipinski definition) is 4. The number of carbonyl (C=O) groups excluding carboxylic acids is 1. The van der Waals surface area contributed by atoms with E-state index in [1.165, 1.54) is 44.2 Å². The van der Waals surface area contributed by atoms with Crippen LogP contribution in [0.15, 0.2) is 34.9 Å². The smallest absolute Gasteiger partial charge is 0.277 e. The fraction of sp³-hybridized carbons (Fsp3) is 0.136. The maximum absolute atomic E-state index is 14.1. The molecule has 0 saturated carbocycles. The molecular weight excluding hydrogens is 466 g/mol. The first kappa shape index (κ1) is 23.1. The van der Waals surface area contributed by atoms with Crippen molar-refractivity contribution in [3.05, 3.63) is 87.9 Å². The Bertz CT molecular complexity index is 1380. The molecule has 4 rings (SSSR count). The van der Waals surface area contributed by atoms with E-state index < -0.39 is 52.9 Å². The highest BCUT2D eigenvalue weighted by Crippen LogP contribution is 2.27. The van der Waals surface area contributed by atoms with Crippen LogP contribution in [0.25, 0.3) is 11.3 Å². The van der Waals surface area contributed by atoms with Gasteiger partial charge in [-0.2, -0.15) is 5.10 Å². The minimum absolute atomic E-state index is 0.120. The molecule has 0 unspecified atom stereocenters. The van der Waals surface area contributed by atoms with Gasteiger partial charge in [-0.15, -0.1) is 0 Å². The van der Waals surface area contributed by atoms with Crippen LogP contribution in [0.3, 0.4) is 0 Å². The van der Waals surface area contributed by atoms with Crippen molar-refractivity contribution in [2.45, 2.75) is 20.4 Å². The van der Waals surface area contributed by atoms with Crippen molar-refractivity contribution in [1.82, 2.24) is 14.9 Å². The van der Waals surface area contributed by atoms with Crippen LogP contribution < -0.4 is 5.32 Å². The monoisotopic (exact) mass is 480 g/mol. The molecule has 2 aromatic heterocycles. The zero-order valence-corrected chi connectivity index (χ0v) is 17.5. The summed E-state index contributed by atoms with van der Waals surface area (Å²) in [6, 6.07) is 6.63. The number of anilines is 1. The highest BCUT2D eigenvalue weighted by Gasteiger charge is 2.27. The molecule has 0 spiro atoms. The average molecular weight is 480 g/mol. The summed E-state index contributed by atoms with van der Waals surface area (Å²) in [4.78, 5) is 12.6. The Labute approximate surface area is 187 Å². The van der Waals surface area contributed by atoms with Gasteiger partial charge in [0.05, 0.1) is 29.2 Å². The maximum atomic E-state index is 14.1. The molecule has 0 radical (unpaired) electrons. The molecule has 2 aromatic carbocycles. The fourth-order valence-electron chi connectivity index (χ4n) is 3.28. The van der Waals surface area contributed by atoms with Gasteiger partial charge in [0.1, 0.15) is 5.82 Å². The molecule has 0 atom stereocenters. The quantitative estimate of drug-likeness (QED) is 0.239. The summed E-state index contributed by atoms with van der Waals surface area (Å²) in [7, 11) is 0. The first-order valence-electron chi connectivity index (χ1n) is 9.66. The molecule has 4 aromatic rings. The van der Waals surface area contributed by atoms with Gasteiger partial charge in [-0.05, 0) is 38.1 Å². The van der Waals surface area contributed by atoms with Crippen molar-refractivity contribution in [2.75, 3.05) is 5.32 Å². The summed E-state index contributed by atoms with van der Waals surface area (Å²) in [6.45, 7) is 2.14. The number of benzene rings is 2. The molecule has 6 nitrogen and oxygen atoms in total. The van der Waals surface area contributed by atoms with Gasteiger partial charge in [0.2, 0.25) is 5.82 Å². The average Bonchev–Trinajstić information content (AvgIpc) is 3.41. The Morgan fingerprint density at radius 2 is 1.53 bits per heavy atom. The second-order valence-electron chi connectivity index (χ2n) is 7.29. The zero-order valence-electron chi connectivity index (χ0n) is 17.5. The summed E-state index contributed by atoms with van der Waals surface area (Å²) in [5.74, 6) is -11.3. The lowest BCUT2D eigenvalue weighted by Gasteiger charge is -2.10. The van der Waals surface area contributed by atoms with Gasteiger partial charge in [0.15, 0.2) is 34.7 Å². The molecule has 1 amide bonds. The summed E-state index contributed by atoms with van der Waals surface area (Å²) >= 11 is 0. The molecule has 0 aliphatic carbocycles. The maximum Gasteiger partial charge on any atom is 0.277 e. The molecule has 0 fully saturated rings. The summed E-state index contributed by atoms with van der Waals surface area (Å²) in [5.41, 5.74) is -0.142. The largest absolute Gasteiger partial charge is 0.355 e. The van der Waals surface area contributed by atoms with Gasteiger partial charge in [-0.1, -0.05) is 5.16 Å². The van der Waals surface area contributed by atoms with E-state index in [-0.39, 0.29) is 28.5 Å². The van der Waals surface area contributed by atoms with Crippen LogP contribution >= 0.6 is 0 Å². The number of aryl methyl sites for hydroxylation is 1. The second kappa shape index (κ2) is 8.69. The van der Waals surface area contributed by atoms with Crippen LogP contribution in [-0.4, -0.2) is 20.8 Å². The van der Waals surface area contributed by atoms with Crippen molar-refractivity contribution < 1.29 is 35.7 Å². The number of halogens is 6. The van der Waals surface area contributed by atoms with Crippen LogP contribution in [0, 0.1) is 48.8 Å². The first-order valence-corrected chi connectivity index (χ1v) is 9.66. The van der Waals surface area contributed by atoms with Gasteiger partial charge in [0, 0.05) is 11.6 Å². The van der Waals surface area contributed by atoms with E-state index in [4.69, 9.17) is 4.52 Å². The highest BCUT2D eigenvalue weighted by atomic mass is 19.2. The van der Waals surface area contributed by atoms with Crippen LogP contribution in [0.5, 0.6) is 0 Å². The summed E-state index contributed by atoms with van der Waals surface area (Å²) in [6.07, 6.45) is 0. The molecule has 0 aliphatic rings. The van der Waals surface area contributed by atoms with E-state index in [0.717, 1.165) is 4.68 Å². The van der Waals surface area contributed by atoms with E-state index in [1.807, 2.05) is 0 Å². The first-order chi connectivity index (χ1) is 16.1. The lowest BCUT2D eigenvalue weighted by molar-refractivity contribution is 0.101.